The number of nitrogens with zero attached hydrogens (tertiary/aromatic N) is 6. The molecule has 9 rings (SSSR count). The predicted molar refractivity (Wildman–Crippen MR) is 359 cm³/mol. The molecule has 0 atom stereocenters. The smallest absolute Gasteiger partial charge is 0.374 e. The van der Waals surface area contributed by atoms with Gasteiger partial charge in [0, 0.05) is 77.1 Å². The molecule has 0 saturated heterocycles. The lowest BCUT2D eigenvalue weighted by Crippen LogP contribution is -2.41. The van der Waals surface area contributed by atoms with Crippen molar-refractivity contribution >= 4 is 85.3 Å². The maximum Gasteiger partial charge on any atom is 0.374 e. The summed E-state index contributed by atoms with van der Waals surface area (Å²) in [5, 5.41) is 5.81. The third-order valence-corrected chi connectivity index (χ3v) is 17.7. The van der Waals surface area contributed by atoms with Crippen molar-refractivity contribution in [2.45, 2.75) is 65.8 Å². The van der Waals surface area contributed by atoms with Crippen LogP contribution in [0.2, 0.25) is 58.9 Å². The lowest BCUT2D eigenvalue weighted by atomic mass is 10.4. The number of carbonyl (C=O) groups excluding carboxylic acids is 3. The number of nitrogens with two attached hydrogens (primary N) is 1. The minimum Gasteiger partial charge on any atom is -0.479 e. The molecular formula is C61H77BrN10O18Si3. The van der Waals surface area contributed by atoms with Crippen LogP contribution in [0, 0.1) is 6.92 Å². The Bertz CT molecular complexity index is 3960. The monoisotopic (exact) mass is 1400 g/mol. The van der Waals surface area contributed by atoms with Crippen molar-refractivity contribution < 1.29 is 75.0 Å². The molecule has 0 aromatic carbocycles. The maximum absolute atomic E-state index is 12.7. The van der Waals surface area contributed by atoms with E-state index in [-0.39, 0.29) is 86.9 Å². The van der Waals surface area contributed by atoms with Crippen molar-refractivity contribution in [2.24, 2.45) is 0 Å². The molecule has 9 aromatic heterocycles. The molecule has 0 unspecified atom stereocenters. The number of H-pyrrole nitrogens is 2. The van der Waals surface area contributed by atoms with E-state index in [2.05, 4.69) is 130 Å². The second-order valence-electron chi connectivity index (χ2n) is 21.8. The van der Waals surface area contributed by atoms with Crippen molar-refractivity contribution in [2.75, 3.05) is 67.9 Å². The number of amides is 1. The van der Waals surface area contributed by atoms with Crippen LogP contribution in [-0.2, 0) is 9.47 Å². The Morgan fingerprint density at radius 1 is 0.505 bits per heavy atom. The highest BCUT2D eigenvalue weighted by atomic mass is 79.9. The number of halogens is 1. The number of aromatic nitrogens is 8. The summed E-state index contributed by atoms with van der Waals surface area (Å²) in [6, 6.07) is 23.1. The Labute approximate surface area is 548 Å². The number of nitrogen functional groups attached to an aromatic ring is 1. The molecule has 498 valence electrons. The molecule has 0 fully saturated rings. The van der Waals surface area contributed by atoms with Crippen LogP contribution in [0.15, 0.2) is 137 Å². The summed E-state index contributed by atoms with van der Waals surface area (Å²) in [7, 11) is 6.78. The number of pyridine rings is 4. The SMILES string of the molecule is COC(=O)c1ccc(C)o1.COC(=O)c1ccc(Oc2ccnc([Si](C)(C)C)c2)o1.COc1nc(OC)c(N)c(OC)n1.COc1nc(OC)c(NC(=O)c2ccc(Oc3ccnc([Si](C)(C)C)c3)o2)c(OC)n1.C[Si](C)(C)c1cc(=O)cc[nH]1.O=c1cc[nH]c(Br)c1. The van der Waals surface area contributed by atoms with E-state index in [9.17, 15) is 24.0 Å². The number of hydrogen-bond acceptors (Lipinski definition) is 25. The van der Waals surface area contributed by atoms with Crippen molar-refractivity contribution in [3.05, 3.63) is 158 Å². The van der Waals surface area contributed by atoms with Crippen LogP contribution in [0.4, 0.5) is 11.4 Å². The number of furan rings is 3. The molecule has 0 aliphatic heterocycles. The maximum atomic E-state index is 12.7. The van der Waals surface area contributed by atoms with Gasteiger partial charge in [0.15, 0.2) is 28.0 Å². The van der Waals surface area contributed by atoms with Crippen LogP contribution >= 0.6 is 15.9 Å². The van der Waals surface area contributed by atoms with E-state index in [1.807, 2.05) is 12.1 Å². The predicted octanol–water partition coefficient (Wildman–Crippen LogP) is 9.40. The Morgan fingerprint density at radius 3 is 1.29 bits per heavy atom. The molecule has 93 heavy (non-hydrogen) atoms. The molecule has 5 N–H and O–H groups in total. The topological polar surface area (TPSA) is 364 Å². The fraction of sp³-hybridized carbons (Fsp3) is 0.295. The number of carbonyl (C=O) groups is 3. The standard InChI is InChI=1S/C20H24N4O6Si.C14H17NO4Si.C8H13NOSi.C7H11N3O3.C7H8O3.C5H4BrNO/c1-26-18-16(19(27-2)24-20(23-18)28-3)22-17(25)13-7-8-15(30-13)29-12-9-10-21-14(11-12)31(4,5)6;1-17-14(16)11-5-6-13(19-11)18-10-7-8-15-12(9-10)20(2,3)4;1-11(2,3)8-6-7(10)4-5-9-8;1-11-5-4(8)6(12-2)10-7(9-5)13-3;1-5-3-4-6(10-5)7(8)9-2;6-5-3-4(8)1-2-7-5/h7-11H,1-6H3,(H,22,25);5-9H,1-4H3;4-6H,1-3H3,(H,9,10);8H2,1-3H3;3-4H,1-2H3;1-3H,(H,7,8). The van der Waals surface area contributed by atoms with Crippen molar-refractivity contribution in [1.82, 2.24) is 39.9 Å². The zero-order valence-electron chi connectivity index (χ0n) is 54.9. The summed E-state index contributed by atoms with van der Waals surface area (Å²) in [4.78, 5) is 86.6. The number of aromatic amines is 2. The van der Waals surface area contributed by atoms with Crippen molar-refractivity contribution in [3.8, 4) is 58.9 Å². The zero-order chi connectivity index (χ0) is 69.2. The highest BCUT2D eigenvalue weighted by Gasteiger charge is 2.24. The third kappa shape index (κ3) is 24.3. The van der Waals surface area contributed by atoms with Gasteiger partial charge < -0.3 is 81.6 Å². The van der Waals surface area contributed by atoms with Crippen LogP contribution in [-0.4, -0.2) is 139 Å². The number of rotatable bonds is 17. The molecule has 0 spiro atoms. The van der Waals surface area contributed by atoms with E-state index in [0.717, 1.165) is 16.0 Å². The highest BCUT2D eigenvalue weighted by Crippen LogP contribution is 2.34. The van der Waals surface area contributed by atoms with Gasteiger partial charge in [0.1, 0.15) is 33.4 Å². The van der Waals surface area contributed by atoms with Crippen LogP contribution in [0.5, 0.6) is 58.9 Å². The van der Waals surface area contributed by atoms with E-state index >= 15 is 0 Å². The van der Waals surface area contributed by atoms with Gasteiger partial charge in [-0.15, -0.1) is 0 Å². The van der Waals surface area contributed by atoms with Gasteiger partial charge >= 0.3 is 24.0 Å². The lowest BCUT2D eigenvalue weighted by molar-refractivity contribution is 0.0554. The van der Waals surface area contributed by atoms with Gasteiger partial charge in [-0.25, -0.2) is 9.59 Å². The Balaban J connectivity index is 0.000000256. The number of ether oxygens (including phenoxy) is 10. The lowest BCUT2D eigenvalue weighted by Gasteiger charge is -2.15. The zero-order valence-corrected chi connectivity index (χ0v) is 59.5. The van der Waals surface area contributed by atoms with Gasteiger partial charge in [-0.3, -0.25) is 24.4 Å². The minimum atomic E-state index is -1.59. The van der Waals surface area contributed by atoms with Crippen LogP contribution < -0.4 is 75.8 Å². The summed E-state index contributed by atoms with van der Waals surface area (Å²) in [5.74, 6) is 1.85. The summed E-state index contributed by atoms with van der Waals surface area (Å²) in [6.45, 7) is 21.6. The molecule has 1 amide bonds. The molecular weight excluding hydrogens is 1320 g/mol. The van der Waals surface area contributed by atoms with Crippen LogP contribution in [0.1, 0.15) is 37.4 Å². The fourth-order valence-corrected chi connectivity index (χ4v) is 10.4. The number of hydrogen-bond donors (Lipinski definition) is 4. The number of nitrogens with one attached hydrogen (secondary N) is 3. The fourth-order valence-electron chi connectivity index (χ4n) is 6.91. The van der Waals surface area contributed by atoms with Crippen molar-refractivity contribution in [3.63, 3.8) is 0 Å². The quantitative estimate of drug-likeness (QED) is 0.0374. The number of aryl methyl sites for hydroxylation is 1. The molecule has 9 heterocycles. The largest absolute Gasteiger partial charge is 0.479 e. The first kappa shape index (κ1) is 75.4. The highest BCUT2D eigenvalue weighted by molar-refractivity contribution is 9.10. The molecule has 9 aromatic rings. The van der Waals surface area contributed by atoms with E-state index in [1.54, 1.807) is 80.2 Å². The Morgan fingerprint density at radius 2 is 0.925 bits per heavy atom. The van der Waals surface area contributed by atoms with Gasteiger partial charge in [-0.1, -0.05) is 58.9 Å². The first-order valence-electron chi connectivity index (χ1n) is 27.8. The average molecular weight is 1400 g/mol. The molecule has 0 aliphatic rings. The number of anilines is 2. The molecule has 32 heteroatoms. The van der Waals surface area contributed by atoms with Gasteiger partial charge in [-0.2, -0.15) is 19.9 Å². The van der Waals surface area contributed by atoms with E-state index in [1.165, 1.54) is 81.1 Å². The van der Waals surface area contributed by atoms with Gasteiger partial charge in [0.25, 0.3) is 17.8 Å². The van der Waals surface area contributed by atoms with Gasteiger partial charge in [0.2, 0.25) is 35.0 Å². The second kappa shape index (κ2) is 35.5. The molecule has 28 nitrogen and oxygen atoms in total. The van der Waals surface area contributed by atoms with Gasteiger partial charge in [0.05, 0.1) is 69.6 Å². The average Bonchev–Trinajstić information content (AvgIpc) is 1.94. The van der Waals surface area contributed by atoms with Crippen molar-refractivity contribution in [1.29, 1.82) is 0 Å². The molecule has 0 radical (unpaired) electrons. The Kier molecular flexibility index (Phi) is 28.8. The first-order chi connectivity index (χ1) is 43.9. The summed E-state index contributed by atoms with van der Waals surface area (Å²) < 4.78 is 66.8. The Hall–Kier alpha value is -10.1. The summed E-state index contributed by atoms with van der Waals surface area (Å²) in [5.41, 5.74) is 6.10. The number of esters is 2. The number of methoxy groups -OCH3 is 8. The minimum absolute atomic E-state index is 0.00984. The van der Waals surface area contributed by atoms with E-state index < -0.39 is 42.1 Å². The van der Waals surface area contributed by atoms with E-state index in [4.69, 9.17) is 56.9 Å². The summed E-state index contributed by atoms with van der Waals surface area (Å²) >= 11 is 3.11. The normalized spacial score (nSPS) is 10.6. The van der Waals surface area contributed by atoms with E-state index in [0.29, 0.717) is 21.9 Å². The third-order valence-electron chi connectivity index (χ3n) is 11.7. The second-order valence-corrected chi connectivity index (χ2v) is 37.8. The first-order valence-corrected chi connectivity index (χ1v) is 39.1. The molecule has 0 aliphatic carbocycles. The molecule has 0 bridgehead atoms. The molecule has 0 saturated carbocycles. The van der Waals surface area contributed by atoms with Crippen LogP contribution in [0.3, 0.4) is 0 Å². The van der Waals surface area contributed by atoms with Crippen LogP contribution in [0.25, 0.3) is 0 Å². The van der Waals surface area contributed by atoms with Gasteiger partial charge in [-0.05, 0) is 71.4 Å². The summed E-state index contributed by atoms with van der Waals surface area (Å²) in [6.07, 6.45) is 6.72.